The van der Waals surface area contributed by atoms with Crippen LogP contribution in [0.1, 0.15) is 37.7 Å². The Labute approximate surface area is 132 Å². The molecule has 3 nitrogen and oxygen atoms in total. The summed E-state index contributed by atoms with van der Waals surface area (Å²) < 4.78 is 0. The Kier molecular flexibility index (Phi) is 5.04. The van der Waals surface area contributed by atoms with Crippen LogP contribution < -0.4 is 4.90 Å². The van der Waals surface area contributed by atoms with Crippen molar-refractivity contribution in [1.29, 1.82) is 0 Å². The molecule has 0 aromatic heterocycles. The molecule has 2 fully saturated rings. The molecule has 0 atom stereocenters. The van der Waals surface area contributed by atoms with Crippen LogP contribution in [-0.4, -0.2) is 42.2 Å². The number of hydrogen-bond donors (Lipinski definition) is 1. The van der Waals surface area contributed by atoms with Crippen molar-refractivity contribution in [1.82, 2.24) is 4.90 Å². The van der Waals surface area contributed by atoms with E-state index < -0.39 is 0 Å². The molecule has 0 radical (unpaired) electrons. The van der Waals surface area contributed by atoms with Gasteiger partial charge in [-0.25, -0.2) is 0 Å². The summed E-state index contributed by atoms with van der Waals surface area (Å²) in [4.78, 5) is 5.07. The van der Waals surface area contributed by atoms with Crippen LogP contribution in [0.2, 0.25) is 5.02 Å². The summed E-state index contributed by atoms with van der Waals surface area (Å²) in [5, 5.41) is 10.2. The van der Waals surface area contributed by atoms with Gasteiger partial charge >= 0.3 is 0 Å². The highest BCUT2D eigenvalue weighted by atomic mass is 35.5. The maximum Gasteiger partial charge on any atom is 0.0716 e. The van der Waals surface area contributed by atoms with Crippen LogP contribution >= 0.6 is 11.6 Å². The average molecular weight is 309 g/mol. The van der Waals surface area contributed by atoms with Gasteiger partial charge in [0.1, 0.15) is 0 Å². The number of likely N-dealkylation sites (tertiary alicyclic amines) is 1. The van der Waals surface area contributed by atoms with Gasteiger partial charge in [0.05, 0.1) is 6.61 Å². The number of anilines is 1. The summed E-state index contributed by atoms with van der Waals surface area (Å²) in [5.41, 5.74) is 1.98. The maximum absolute atomic E-state index is 9.57. The summed E-state index contributed by atoms with van der Waals surface area (Å²) in [7, 11) is 0. The fourth-order valence-corrected chi connectivity index (χ4v) is 3.98. The molecule has 0 saturated carbocycles. The van der Waals surface area contributed by atoms with E-state index in [1.54, 1.807) is 0 Å². The van der Waals surface area contributed by atoms with Gasteiger partial charge < -0.3 is 14.9 Å². The van der Waals surface area contributed by atoms with E-state index >= 15 is 0 Å². The second-order valence-corrected chi connectivity index (χ2v) is 6.62. The van der Waals surface area contributed by atoms with Crippen molar-refractivity contribution in [2.24, 2.45) is 0 Å². The molecule has 0 aliphatic carbocycles. The van der Waals surface area contributed by atoms with E-state index in [1.165, 1.54) is 45.2 Å². The smallest absolute Gasteiger partial charge is 0.0716 e. The van der Waals surface area contributed by atoms with Crippen LogP contribution in [0.3, 0.4) is 0 Å². The lowest BCUT2D eigenvalue weighted by Crippen LogP contribution is -2.46. The average Bonchev–Trinajstić information content (AvgIpc) is 2.55. The fraction of sp³-hybridized carbons (Fsp3) is 0.647. The molecule has 1 aromatic rings. The van der Waals surface area contributed by atoms with Crippen LogP contribution in [0.4, 0.5) is 5.69 Å². The fourth-order valence-electron chi connectivity index (χ4n) is 3.76. The van der Waals surface area contributed by atoms with Crippen LogP contribution in [0, 0.1) is 0 Å². The van der Waals surface area contributed by atoms with Gasteiger partial charge in [0, 0.05) is 35.4 Å². The summed E-state index contributed by atoms with van der Waals surface area (Å²) in [6.45, 7) is 4.71. The van der Waals surface area contributed by atoms with Crippen LogP contribution in [0.5, 0.6) is 0 Å². The lowest BCUT2D eigenvalue weighted by molar-refractivity contribution is 0.141. The SMILES string of the molecule is OCc1c(Cl)cccc1N1CCC(N2CCCCC2)CC1. The van der Waals surface area contributed by atoms with Crippen molar-refractivity contribution in [2.45, 2.75) is 44.8 Å². The molecular formula is C17H25ClN2O. The Morgan fingerprint density at radius 1 is 1.05 bits per heavy atom. The number of nitrogens with zero attached hydrogens (tertiary/aromatic N) is 2. The number of aliphatic hydroxyl groups excluding tert-OH is 1. The van der Waals surface area contributed by atoms with E-state index in [0.717, 1.165) is 30.4 Å². The standard InChI is InChI=1S/C17H25ClN2O/c18-16-5-4-6-17(15(16)13-21)20-11-7-14(8-12-20)19-9-2-1-3-10-19/h4-6,14,21H,1-3,7-13H2. The van der Waals surface area contributed by atoms with Crippen molar-refractivity contribution in [3.63, 3.8) is 0 Å². The molecule has 0 amide bonds. The quantitative estimate of drug-likeness (QED) is 0.928. The highest BCUT2D eigenvalue weighted by Gasteiger charge is 2.26. The van der Waals surface area contributed by atoms with Crippen molar-refractivity contribution in [2.75, 3.05) is 31.1 Å². The normalized spacial score (nSPS) is 21.7. The van der Waals surface area contributed by atoms with Gasteiger partial charge in [0.15, 0.2) is 0 Å². The van der Waals surface area contributed by atoms with Gasteiger partial charge in [-0.05, 0) is 50.9 Å². The molecule has 116 valence electrons. The third-order valence-electron chi connectivity index (χ3n) is 4.96. The van der Waals surface area contributed by atoms with E-state index in [-0.39, 0.29) is 6.61 Å². The lowest BCUT2D eigenvalue weighted by atomic mass is 9.99. The van der Waals surface area contributed by atoms with E-state index in [0.29, 0.717) is 5.02 Å². The largest absolute Gasteiger partial charge is 0.392 e. The molecule has 3 rings (SSSR count). The Morgan fingerprint density at radius 3 is 2.43 bits per heavy atom. The first-order valence-corrected chi connectivity index (χ1v) is 8.54. The minimum absolute atomic E-state index is 0.0149. The Hall–Kier alpha value is -0.770. The second-order valence-electron chi connectivity index (χ2n) is 6.21. The molecule has 0 bridgehead atoms. The summed E-state index contributed by atoms with van der Waals surface area (Å²) in [5.74, 6) is 0. The molecule has 1 N–H and O–H groups in total. The molecule has 1 aromatic carbocycles. The molecule has 21 heavy (non-hydrogen) atoms. The van der Waals surface area contributed by atoms with Crippen molar-refractivity contribution < 1.29 is 5.11 Å². The predicted molar refractivity (Wildman–Crippen MR) is 88.0 cm³/mol. The first kappa shape index (κ1) is 15.1. The van der Waals surface area contributed by atoms with Crippen LogP contribution in [-0.2, 0) is 6.61 Å². The predicted octanol–water partition coefficient (Wildman–Crippen LogP) is 3.29. The molecule has 2 aliphatic rings. The molecule has 2 saturated heterocycles. The van der Waals surface area contributed by atoms with Crippen molar-refractivity contribution >= 4 is 17.3 Å². The molecule has 0 spiro atoms. The van der Waals surface area contributed by atoms with E-state index in [2.05, 4.69) is 15.9 Å². The van der Waals surface area contributed by atoms with Gasteiger partial charge in [-0.2, -0.15) is 0 Å². The third kappa shape index (κ3) is 3.36. The van der Waals surface area contributed by atoms with E-state index in [1.807, 2.05) is 12.1 Å². The van der Waals surface area contributed by atoms with Crippen molar-refractivity contribution in [3.05, 3.63) is 28.8 Å². The number of hydrogen-bond acceptors (Lipinski definition) is 3. The first-order chi connectivity index (χ1) is 10.3. The summed E-state index contributed by atoms with van der Waals surface area (Å²) in [6, 6.07) is 6.67. The highest BCUT2D eigenvalue weighted by Crippen LogP contribution is 2.31. The first-order valence-electron chi connectivity index (χ1n) is 8.17. The van der Waals surface area contributed by atoms with Gasteiger partial charge in [0.2, 0.25) is 0 Å². The zero-order valence-corrected chi connectivity index (χ0v) is 13.4. The summed E-state index contributed by atoms with van der Waals surface area (Å²) in [6.07, 6.45) is 6.57. The maximum atomic E-state index is 9.57. The monoisotopic (exact) mass is 308 g/mol. The molecular weight excluding hydrogens is 284 g/mol. The number of aliphatic hydroxyl groups is 1. The van der Waals surface area contributed by atoms with Crippen molar-refractivity contribution in [3.8, 4) is 0 Å². The zero-order chi connectivity index (χ0) is 14.7. The van der Waals surface area contributed by atoms with E-state index in [9.17, 15) is 5.11 Å². The van der Waals surface area contributed by atoms with E-state index in [4.69, 9.17) is 11.6 Å². The second kappa shape index (κ2) is 6.99. The Bertz CT molecular complexity index is 466. The number of halogens is 1. The number of benzene rings is 1. The van der Waals surface area contributed by atoms with Gasteiger partial charge in [-0.15, -0.1) is 0 Å². The van der Waals surface area contributed by atoms with Crippen LogP contribution in [0.15, 0.2) is 18.2 Å². The third-order valence-corrected chi connectivity index (χ3v) is 5.32. The Balaban J connectivity index is 1.64. The Morgan fingerprint density at radius 2 is 1.76 bits per heavy atom. The summed E-state index contributed by atoms with van der Waals surface area (Å²) >= 11 is 6.20. The van der Waals surface area contributed by atoms with Gasteiger partial charge in [0.25, 0.3) is 0 Å². The number of piperidine rings is 2. The molecule has 0 unspecified atom stereocenters. The van der Waals surface area contributed by atoms with Gasteiger partial charge in [-0.3, -0.25) is 0 Å². The minimum atomic E-state index is 0.0149. The topological polar surface area (TPSA) is 26.7 Å². The lowest BCUT2D eigenvalue weighted by Gasteiger charge is -2.41. The number of rotatable bonds is 3. The molecule has 2 heterocycles. The molecule has 2 aliphatic heterocycles. The van der Waals surface area contributed by atoms with Crippen LogP contribution in [0.25, 0.3) is 0 Å². The highest BCUT2D eigenvalue weighted by molar-refractivity contribution is 6.31. The zero-order valence-electron chi connectivity index (χ0n) is 12.6. The van der Waals surface area contributed by atoms with Gasteiger partial charge in [-0.1, -0.05) is 24.1 Å². The minimum Gasteiger partial charge on any atom is -0.392 e. The molecule has 4 heteroatoms.